The maximum Gasteiger partial charge on any atom is 0.335 e. The molecule has 2 unspecified atom stereocenters. The van der Waals surface area contributed by atoms with Crippen LogP contribution in [0.15, 0.2) is 48.5 Å². The van der Waals surface area contributed by atoms with E-state index in [0.717, 1.165) is 16.9 Å². The molecular weight excluding hydrogens is 393 g/mol. The van der Waals surface area contributed by atoms with Crippen LogP contribution in [-0.4, -0.2) is 48.0 Å². The lowest BCUT2D eigenvalue weighted by atomic mass is 9.89. The van der Waals surface area contributed by atoms with Crippen molar-refractivity contribution in [2.24, 2.45) is 0 Å². The van der Waals surface area contributed by atoms with Gasteiger partial charge in [-0.3, -0.25) is 4.57 Å². The average Bonchev–Trinajstić information content (AvgIpc) is 2.73. The summed E-state index contributed by atoms with van der Waals surface area (Å²) in [5.41, 5.74) is 0.868. The third kappa shape index (κ3) is 5.06. The van der Waals surface area contributed by atoms with Crippen molar-refractivity contribution in [1.82, 2.24) is 5.32 Å². The van der Waals surface area contributed by atoms with E-state index >= 15 is 0 Å². The van der Waals surface area contributed by atoms with Crippen LogP contribution < -0.4 is 10.1 Å². The molecule has 4 atom stereocenters. The number of benzene rings is 2. The second-order valence-electron chi connectivity index (χ2n) is 7.45. The second kappa shape index (κ2) is 9.09. The lowest BCUT2D eigenvalue weighted by Crippen LogP contribution is -2.55. The number of carboxylic acids is 1. The minimum absolute atomic E-state index is 0.213. The molecule has 0 amide bonds. The molecule has 29 heavy (non-hydrogen) atoms. The SMILES string of the molecule is COc1ccc(CC([C@H]2CN[C@](C)(c3cccc(C(=O)O)c3)CO2)[PH](=O)O)cc1. The monoisotopic (exact) mass is 419 g/mol. The van der Waals surface area contributed by atoms with E-state index < -0.39 is 31.3 Å². The molecule has 156 valence electrons. The molecule has 1 saturated heterocycles. The van der Waals surface area contributed by atoms with Gasteiger partial charge in [0.25, 0.3) is 0 Å². The summed E-state index contributed by atoms with van der Waals surface area (Å²) in [6.07, 6.45) is 0.0137. The van der Waals surface area contributed by atoms with Crippen molar-refractivity contribution >= 4 is 14.0 Å². The summed E-state index contributed by atoms with van der Waals surface area (Å²) in [6, 6.07) is 14.2. The van der Waals surface area contributed by atoms with Gasteiger partial charge in [0.2, 0.25) is 0 Å². The quantitative estimate of drug-likeness (QED) is 0.593. The molecule has 0 radical (unpaired) electrons. The number of ether oxygens (including phenoxy) is 2. The predicted molar refractivity (Wildman–Crippen MR) is 110 cm³/mol. The van der Waals surface area contributed by atoms with E-state index in [9.17, 15) is 19.4 Å². The van der Waals surface area contributed by atoms with Gasteiger partial charge in [-0.05, 0) is 48.7 Å². The second-order valence-corrected chi connectivity index (χ2v) is 8.86. The fourth-order valence-corrected chi connectivity index (χ4v) is 4.48. The van der Waals surface area contributed by atoms with Gasteiger partial charge < -0.3 is 24.8 Å². The summed E-state index contributed by atoms with van der Waals surface area (Å²) in [5.74, 6) is -0.250. The van der Waals surface area contributed by atoms with Crippen LogP contribution in [0, 0.1) is 0 Å². The first-order valence-electron chi connectivity index (χ1n) is 9.38. The van der Waals surface area contributed by atoms with Gasteiger partial charge in [0, 0.05) is 6.54 Å². The first-order valence-corrected chi connectivity index (χ1v) is 10.8. The number of carbonyl (C=O) groups is 1. The highest BCUT2D eigenvalue weighted by molar-refractivity contribution is 7.39. The Kier molecular flexibility index (Phi) is 6.75. The van der Waals surface area contributed by atoms with Crippen LogP contribution in [0.25, 0.3) is 0 Å². The first-order chi connectivity index (χ1) is 13.8. The molecule has 1 aliphatic heterocycles. The molecule has 1 heterocycles. The molecule has 0 aromatic heterocycles. The van der Waals surface area contributed by atoms with Gasteiger partial charge in [-0.15, -0.1) is 0 Å². The first kappa shape index (κ1) is 21.5. The molecule has 2 aromatic rings. The Bertz CT molecular complexity index is 877. The van der Waals surface area contributed by atoms with Crippen LogP contribution in [0.1, 0.15) is 28.4 Å². The molecule has 3 rings (SSSR count). The van der Waals surface area contributed by atoms with Gasteiger partial charge in [0.1, 0.15) is 5.75 Å². The topological polar surface area (TPSA) is 105 Å². The van der Waals surface area contributed by atoms with Gasteiger partial charge in [0.15, 0.2) is 8.03 Å². The summed E-state index contributed by atoms with van der Waals surface area (Å²) in [5, 5.41) is 12.6. The maximum atomic E-state index is 12.1. The van der Waals surface area contributed by atoms with Crippen molar-refractivity contribution in [3.05, 3.63) is 65.2 Å². The number of nitrogens with one attached hydrogen (secondary N) is 1. The van der Waals surface area contributed by atoms with E-state index in [-0.39, 0.29) is 12.2 Å². The Hall–Kier alpha value is -2.18. The zero-order valence-electron chi connectivity index (χ0n) is 16.4. The van der Waals surface area contributed by atoms with Crippen LogP contribution in [0.2, 0.25) is 0 Å². The smallest absolute Gasteiger partial charge is 0.335 e. The highest BCUT2D eigenvalue weighted by Gasteiger charge is 2.37. The number of methoxy groups -OCH3 is 1. The Labute approximate surface area is 170 Å². The predicted octanol–water partition coefficient (Wildman–Crippen LogP) is 2.68. The lowest BCUT2D eigenvalue weighted by molar-refractivity contribution is -0.0313. The number of aromatic carboxylic acids is 1. The number of hydrogen-bond acceptors (Lipinski definition) is 5. The zero-order chi connectivity index (χ0) is 21.0. The summed E-state index contributed by atoms with van der Waals surface area (Å²) in [6.45, 7) is 2.60. The van der Waals surface area contributed by atoms with Crippen LogP contribution in [-0.2, 0) is 21.3 Å². The van der Waals surface area contributed by atoms with E-state index in [0.29, 0.717) is 13.0 Å². The molecule has 0 saturated carbocycles. The highest BCUT2D eigenvalue weighted by Crippen LogP contribution is 2.34. The van der Waals surface area contributed by atoms with Gasteiger partial charge in [-0.25, -0.2) is 4.79 Å². The molecule has 0 bridgehead atoms. The lowest BCUT2D eigenvalue weighted by Gasteiger charge is -2.41. The van der Waals surface area contributed by atoms with Gasteiger partial charge in [0.05, 0.1) is 36.6 Å². The molecule has 0 spiro atoms. The maximum absolute atomic E-state index is 12.1. The summed E-state index contributed by atoms with van der Waals surface area (Å²) in [7, 11) is -1.24. The normalized spacial score (nSPS) is 23.9. The van der Waals surface area contributed by atoms with Crippen molar-refractivity contribution < 1.29 is 28.8 Å². The summed E-state index contributed by atoms with van der Waals surface area (Å²) in [4.78, 5) is 21.2. The average molecular weight is 419 g/mol. The van der Waals surface area contributed by atoms with Crippen LogP contribution >= 0.6 is 8.03 Å². The van der Waals surface area contributed by atoms with Crippen LogP contribution in [0.5, 0.6) is 5.75 Å². The molecule has 8 heteroatoms. The van der Waals surface area contributed by atoms with Crippen molar-refractivity contribution in [2.45, 2.75) is 30.6 Å². The van der Waals surface area contributed by atoms with Gasteiger partial charge in [-0.1, -0.05) is 24.3 Å². The molecule has 3 N–H and O–H groups in total. The molecule has 1 aliphatic rings. The number of hydrogen-bond donors (Lipinski definition) is 3. The highest BCUT2D eigenvalue weighted by atomic mass is 31.1. The van der Waals surface area contributed by atoms with Crippen molar-refractivity contribution in [2.75, 3.05) is 20.3 Å². The molecule has 7 nitrogen and oxygen atoms in total. The molecular formula is C21H26NO6P. The standard InChI is InChI=1S/C21H26NO6P/c1-21(16-5-3-4-15(11-16)20(23)24)13-28-18(12-22-21)19(29(25)26)10-14-6-8-17(27-2)9-7-14/h3-9,11,18-19,22,29H,10,12-13H2,1-2H3,(H,23,24)(H,25,26)/t18-,19?,21+/m1/s1. The summed E-state index contributed by atoms with van der Waals surface area (Å²) < 4.78 is 23.2. The Morgan fingerprint density at radius 2 is 2.07 bits per heavy atom. The largest absolute Gasteiger partial charge is 0.497 e. The molecule has 2 aromatic carbocycles. The minimum atomic E-state index is -2.83. The van der Waals surface area contributed by atoms with Crippen LogP contribution in [0.4, 0.5) is 0 Å². The number of morpholine rings is 1. The number of rotatable bonds is 7. The van der Waals surface area contributed by atoms with E-state index in [1.807, 2.05) is 37.3 Å². The molecule has 1 fully saturated rings. The van der Waals surface area contributed by atoms with Crippen molar-refractivity contribution in [3.63, 3.8) is 0 Å². The van der Waals surface area contributed by atoms with Crippen LogP contribution in [0.3, 0.4) is 0 Å². The van der Waals surface area contributed by atoms with E-state index in [4.69, 9.17) is 9.47 Å². The Morgan fingerprint density at radius 3 is 2.62 bits per heavy atom. The van der Waals surface area contributed by atoms with Gasteiger partial charge in [-0.2, -0.15) is 0 Å². The fraction of sp³-hybridized carbons (Fsp3) is 0.381. The minimum Gasteiger partial charge on any atom is -0.497 e. The van der Waals surface area contributed by atoms with Gasteiger partial charge >= 0.3 is 5.97 Å². The molecule has 0 aliphatic carbocycles. The van der Waals surface area contributed by atoms with Crippen molar-refractivity contribution in [1.29, 1.82) is 0 Å². The third-order valence-corrected chi connectivity index (χ3v) is 6.62. The zero-order valence-corrected chi connectivity index (χ0v) is 17.4. The van der Waals surface area contributed by atoms with E-state index in [2.05, 4.69) is 5.32 Å². The van der Waals surface area contributed by atoms with E-state index in [1.165, 1.54) is 0 Å². The third-order valence-electron chi connectivity index (χ3n) is 5.41. The van der Waals surface area contributed by atoms with Crippen molar-refractivity contribution in [3.8, 4) is 5.75 Å². The Morgan fingerprint density at radius 1 is 1.34 bits per heavy atom. The summed E-state index contributed by atoms with van der Waals surface area (Å²) >= 11 is 0. The van der Waals surface area contributed by atoms with E-state index in [1.54, 1.807) is 25.3 Å². The fourth-order valence-electron chi connectivity index (χ4n) is 3.54. The number of carboxylic acid groups (broad SMARTS) is 1. The Balaban J connectivity index is 1.70.